The van der Waals surface area contributed by atoms with Crippen LogP contribution in [0.25, 0.3) is 0 Å². The Labute approximate surface area is 176 Å². The molecule has 7 nitrogen and oxygen atoms in total. The highest BCUT2D eigenvalue weighted by Gasteiger charge is 2.37. The van der Waals surface area contributed by atoms with Crippen LogP contribution in [0.3, 0.4) is 0 Å². The lowest BCUT2D eigenvalue weighted by molar-refractivity contribution is -0.136. The summed E-state index contributed by atoms with van der Waals surface area (Å²) in [5.41, 5.74) is 1.29. The molecule has 0 aliphatic heterocycles. The zero-order chi connectivity index (χ0) is 21.6. The number of ether oxygens (including phenoxy) is 3. The third kappa shape index (κ3) is 4.50. The van der Waals surface area contributed by atoms with Crippen molar-refractivity contribution in [2.45, 2.75) is 31.1 Å². The van der Waals surface area contributed by atoms with Crippen LogP contribution in [0, 0.1) is 0 Å². The molecule has 0 saturated heterocycles. The van der Waals surface area contributed by atoms with Crippen molar-refractivity contribution in [2.75, 3.05) is 33.2 Å². The van der Waals surface area contributed by atoms with E-state index in [2.05, 4.69) is 10.6 Å². The zero-order valence-electron chi connectivity index (χ0n) is 17.6. The molecule has 2 amide bonds. The molecule has 1 aliphatic rings. The monoisotopic (exact) mass is 412 g/mol. The van der Waals surface area contributed by atoms with Gasteiger partial charge in [-0.3, -0.25) is 9.59 Å². The first-order valence-electron chi connectivity index (χ1n) is 9.97. The number of methoxy groups -OCH3 is 3. The van der Waals surface area contributed by atoms with E-state index in [0.717, 1.165) is 31.2 Å². The van der Waals surface area contributed by atoms with E-state index in [1.54, 1.807) is 38.5 Å². The first kappa shape index (κ1) is 21.5. The normalized spacial score (nSPS) is 14.6. The third-order valence-electron chi connectivity index (χ3n) is 5.71. The lowest BCUT2D eigenvalue weighted by Gasteiger charge is -2.30. The van der Waals surface area contributed by atoms with Gasteiger partial charge in [-0.2, -0.15) is 0 Å². The van der Waals surface area contributed by atoms with Crippen LogP contribution in [0.1, 0.15) is 31.2 Å². The van der Waals surface area contributed by atoms with E-state index in [-0.39, 0.29) is 5.41 Å². The Kier molecular flexibility index (Phi) is 6.82. The molecule has 0 unspecified atom stereocenters. The maximum absolute atomic E-state index is 12.5. The van der Waals surface area contributed by atoms with Crippen LogP contribution in [0.5, 0.6) is 17.2 Å². The van der Waals surface area contributed by atoms with Gasteiger partial charge in [-0.1, -0.05) is 31.0 Å². The molecule has 1 aliphatic carbocycles. The van der Waals surface area contributed by atoms with Crippen LogP contribution in [0.4, 0.5) is 5.69 Å². The summed E-state index contributed by atoms with van der Waals surface area (Å²) in [6.07, 6.45) is 3.99. The molecule has 30 heavy (non-hydrogen) atoms. The highest BCUT2D eigenvalue weighted by atomic mass is 16.5. The number of anilines is 1. The molecular weight excluding hydrogens is 384 g/mol. The van der Waals surface area contributed by atoms with Crippen molar-refractivity contribution in [2.24, 2.45) is 0 Å². The van der Waals surface area contributed by atoms with Gasteiger partial charge in [0.05, 0.1) is 27.0 Å². The lowest BCUT2D eigenvalue weighted by Crippen LogP contribution is -2.43. The van der Waals surface area contributed by atoms with Gasteiger partial charge in [-0.15, -0.1) is 0 Å². The van der Waals surface area contributed by atoms with Crippen LogP contribution in [-0.4, -0.2) is 39.7 Å². The van der Waals surface area contributed by atoms with Gasteiger partial charge in [-0.25, -0.2) is 0 Å². The number of benzene rings is 2. The number of para-hydroxylation sites is 2. The SMILES string of the molecule is COc1ccccc1NC(=O)C(=O)NCC1(c2ccc(OC)c(OC)c2)CCCC1. The average molecular weight is 412 g/mol. The number of nitrogens with one attached hydrogen (secondary N) is 2. The van der Waals surface area contributed by atoms with Gasteiger partial charge in [0, 0.05) is 12.0 Å². The summed E-state index contributed by atoms with van der Waals surface area (Å²) >= 11 is 0. The van der Waals surface area contributed by atoms with Crippen LogP contribution in [-0.2, 0) is 15.0 Å². The largest absolute Gasteiger partial charge is 0.495 e. The quantitative estimate of drug-likeness (QED) is 0.682. The van der Waals surface area contributed by atoms with Crippen molar-refractivity contribution in [1.82, 2.24) is 5.32 Å². The van der Waals surface area contributed by atoms with E-state index in [0.29, 0.717) is 29.5 Å². The molecular formula is C23H28N2O5. The predicted octanol–water partition coefficient (Wildman–Crippen LogP) is 3.28. The number of carbonyl (C=O) groups is 2. The van der Waals surface area contributed by atoms with Crippen LogP contribution < -0.4 is 24.8 Å². The van der Waals surface area contributed by atoms with Gasteiger partial charge in [0.2, 0.25) is 0 Å². The van der Waals surface area contributed by atoms with Gasteiger partial charge < -0.3 is 24.8 Å². The fourth-order valence-electron chi connectivity index (χ4n) is 4.04. The molecule has 0 bridgehead atoms. The second-order valence-corrected chi connectivity index (χ2v) is 7.39. The second-order valence-electron chi connectivity index (χ2n) is 7.39. The minimum Gasteiger partial charge on any atom is -0.495 e. The predicted molar refractivity (Wildman–Crippen MR) is 114 cm³/mol. The molecule has 0 aromatic heterocycles. The van der Waals surface area contributed by atoms with Crippen molar-refractivity contribution in [3.8, 4) is 17.2 Å². The molecule has 160 valence electrons. The Morgan fingerprint density at radius 1 is 0.867 bits per heavy atom. The Bertz CT molecular complexity index is 906. The molecule has 2 aromatic carbocycles. The maximum atomic E-state index is 12.5. The Morgan fingerprint density at radius 2 is 1.53 bits per heavy atom. The maximum Gasteiger partial charge on any atom is 0.313 e. The number of hydrogen-bond acceptors (Lipinski definition) is 5. The molecule has 0 atom stereocenters. The summed E-state index contributed by atoms with van der Waals surface area (Å²) < 4.78 is 16.0. The molecule has 7 heteroatoms. The summed E-state index contributed by atoms with van der Waals surface area (Å²) in [6, 6.07) is 12.8. The highest BCUT2D eigenvalue weighted by molar-refractivity contribution is 6.39. The molecule has 2 aromatic rings. The van der Waals surface area contributed by atoms with Gasteiger partial charge in [0.15, 0.2) is 11.5 Å². The summed E-state index contributed by atoms with van der Waals surface area (Å²) in [4.78, 5) is 24.9. The van der Waals surface area contributed by atoms with E-state index in [4.69, 9.17) is 14.2 Å². The third-order valence-corrected chi connectivity index (χ3v) is 5.71. The van der Waals surface area contributed by atoms with Crippen molar-refractivity contribution in [1.29, 1.82) is 0 Å². The molecule has 0 heterocycles. The number of amides is 2. The molecule has 3 rings (SSSR count). The fraction of sp³-hybridized carbons (Fsp3) is 0.391. The van der Waals surface area contributed by atoms with Crippen molar-refractivity contribution in [3.63, 3.8) is 0 Å². The summed E-state index contributed by atoms with van der Waals surface area (Å²) in [6.45, 7) is 0.376. The summed E-state index contributed by atoms with van der Waals surface area (Å²) in [5, 5.41) is 5.43. The van der Waals surface area contributed by atoms with E-state index in [1.807, 2.05) is 18.2 Å². The fourth-order valence-corrected chi connectivity index (χ4v) is 4.04. The van der Waals surface area contributed by atoms with Crippen molar-refractivity contribution >= 4 is 17.5 Å². The Balaban J connectivity index is 1.71. The highest BCUT2D eigenvalue weighted by Crippen LogP contribution is 2.43. The summed E-state index contributed by atoms with van der Waals surface area (Å²) in [7, 11) is 4.72. The smallest absolute Gasteiger partial charge is 0.313 e. The molecule has 1 fully saturated rings. The second kappa shape index (κ2) is 9.52. The van der Waals surface area contributed by atoms with Gasteiger partial charge in [-0.05, 0) is 42.7 Å². The van der Waals surface area contributed by atoms with Gasteiger partial charge >= 0.3 is 11.8 Å². The standard InChI is InChI=1S/C23H28N2O5/c1-28-18-9-5-4-8-17(18)25-22(27)21(26)24-15-23(12-6-7-13-23)16-10-11-19(29-2)20(14-16)30-3/h4-5,8-11,14H,6-7,12-13,15H2,1-3H3,(H,24,26)(H,25,27). The topological polar surface area (TPSA) is 85.9 Å². The molecule has 1 saturated carbocycles. The van der Waals surface area contributed by atoms with Crippen molar-refractivity contribution < 1.29 is 23.8 Å². The number of carbonyl (C=O) groups excluding carboxylic acids is 2. The molecule has 0 radical (unpaired) electrons. The lowest BCUT2D eigenvalue weighted by atomic mass is 9.78. The minimum atomic E-state index is -0.722. The first-order chi connectivity index (χ1) is 14.5. The van der Waals surface area contributed by atoms with E-state index >= 15 is 0 Å². The van der Waals surface area contributed by atoms with Crippen molar-refractivity contribution in [3.05, 3.63) is 48.0 Å². The van der Waals surface area contributed by atoms with Crippen LogP contribution in [0.2, 0.25) is 0 Å². The summed E-state index contributed by atoms with van der Waals surface area (Å²) in [5.74, 6) is 0.417. The molecule has 2 N–H and O–H groups in total. The first-order valence-corrected chi connectivity index (χ1v) is 9.97. The number of hydrogen-bond donors (Lipinski definition) is 2. The van der Waals surface area contributed by atoms with Gasteiger partial charge in [0.25, 0.3) is 0 Å². The van der Waals surface area contributed by atoms with Crippen LogP contribution in [0.15, 0.2) is 42.5 Å². The molecule has 0 spiro atoms. The van der Waals surface area contributed by atoms with E-state index < -0.39 is 11.8 Å². The zero-order valence-corrected chi connectivity index (χ0v) is 17.6. The Hall–Kier alpha value is -3.22. The number of rotatable bonds is 7. The Morgan fingerprint density at radius 3 is 2.20 bits per heavy atom. The average Bonchev–Trinajstić information content (AvgIpc) is 3.27. The van der Waals surface area contributed by atoms with E-state index in [9.17, 15) is 9.59 Å². The minimum absolute atomic E-state index is 0.236. The van der Waals surface area contributed by atoms with Gasteiger partial charge in [0.1, 0.15) is 5.75 Å². The van der Waals surface area contributed by atoms with Crippen LogP contribution >= 0.6 is 0 Å². The van der Waals surface area contributed by atoms with E-state index in [1.165, 1.54) is 7.11 Å².